The van der Waals surface area contributed by atoms with Crippen molar-refractivity contribution in [2.45, 2.75) is 26.9 Å². The van der Waals surface area contributed by atoms with E-state index in [0.29, 0.717) is 16.7 Å². The molecule has 6 nitrogen and oxygen atoms in total. The lowest BCUT2D eigenvalue weighted by Gasteiger charge is -2.14. The molecule has 0 aliphatic heterocycles. The first-order valence-electron chi connectivity index (χ1n) is 5.63. The van der Waals surface area contributed by atoms with Crippen molar-refractivity contribution in [3.8, 4) is 11.5 Å². The third kappa shape index (κ3) is 2.23. The molecule has 2 heterocycles. The molecule has 7 heteroatoms. The highest BCUT2D eigenvalue weighted by Gasteiger charge is 2.24. The fourth-order valence-corrected chi connectivity index (χ4v) is 2.43. The Hall–Kier alpha value is -1.47. The van der Waals surface area contributed by atoms with Gasteiger partial charge in [-0.2, -0.15) is 9.36 Å². The molecule has 0 aromatic carbocycles. The molecule has 2 aromatic rings. The molecule has 0 aliphatic carbocycles. The van der Waals surface area contributed by atoms with E-state index in [2.05, 4.69) is 14.5 Å². The predicted molar refractivity (Wildman–Crippen MR) is 69.1 cm³/mol. The van der Waals surface area contributed by atoms with Crippen LogP contribution in [0.2, 0.25) is 0 Å². The molecule has 0 saturated carbocycles. The highest BCUT2D eigenvalue weighted by atomic mass is 32.1. The zero-order valence-electron chi connectivity index (χ0n) is 10.8. The maximum Gasteiger partial charge on any atom is 0.262 e. The minimum Gasteiger partial charge on any atom is -0.389 e. The number of hydrogen-bond acceptors (Lipinski definition) is 7. The molecule has 2 rings (SSSR count). The van der Waals surface area contributed by atoms with Crippen molar-refractivity contribution in [1.29, 1.82) is 0 Å². The quantitative estimate of drug-likeness (QED) is 0.916. The molecule has 0 radical (unpaired) electrons. The van der Waals surface area contributed by atoms with Crippen LogP contribution >= 0.6 is 11.5 Å². The first kappa shape index (κ1) is 13.0. The number of nitrogens with zero attached hydrogens (tertiary/aromatic N) is 3. The second-order valence-corrected chi connectivity index (χ2v) is 5.17. The lowest BCUT2D eigenvalue weighted by molar-refractivity contribution is 0.0556. The van der Waals surface area contributed by atoms with E-state index in [0.717, 1.165) is 11.3 Å². The van der Waals surface area contributed by atoms with E-state index in [1.54, 1.807) is 7.11 Å². The molecule has 18 heavy (non-hydrogen) atoms. The minimum atomic E-state index is -0.185. The normalized spacial score (nSPS) is 13.2. The zero-order valence-corrected chi connectivity index (χ0v) is 11.6. The summed E-state index contributed by atoms with van der Waals surface area (Å²) >= 11 is 1.22. The average molecular weight is 268 g/mol. The maximum atomic E-state index is 5.85. The molecule has 2 aromatic heterocycles. The van der Waals surface area contributed by atoms with Gasteiger partial charge in [0.05, 0.1) is 11.3 Å². The Labute approximate surface area is 109 Å². The van der Waals surface area contributed by atoms with Crippen molar-refractivity contribution in [2.24, 2.45) is 5.92 Å². The molecular formula is C11H16N4O2S. The number of hydrogen-bond donors (Lipinski definition) is 1. The summed E-state index contributed by atoms with van der Waals surface area (Å²) in [6, 6.07) is 0. The number of rotatable bonds is 4. The van der Waals surface area contributed by atoms with Gasteiger partial charge in [0.1, 0.15) is 11.1 Å². The van der Waals surface area contributed by atoms with Gasteiger partial charge in [-0.3, -0.25) is 0 Å². The molecule has 2 N–H and O–H groups in total. The van der Waals surface area contributed by atoms with Crippen molar-refractivity contribution in [1.82, 2.24) is 14.5 Å². The first-order chi connectivity index (χ1) is 8.54. The Balaban J connectivity index is 2.36. The van der Waals surface area contributed by atoms with Crippen LogP contribution in [0.1, 0.15) is 31.5 Å². The van der Waals surface area contributed by atoms with E-state index in [9.17, 15) is 0 Å². The third-order valence-corrected chi connectivity index (χ3v) is 3.42. The SMILES string of the molecule is COC(c1noc(-c2c(C)nsc2N)n1)C(C)C. The molecule has 0 fully saturated rings. The second-order valence-electron chi connectivity index (χ2n) is 4.37. The standard InChI is InChI=1S/C11H16N4O2S/c1-5(2)8(16-4)10-13-11(17-14-10)7-6(3)15-18-9(7)12/h5,8H,12H2,1-4H3. The smallest absolute Gasteiger partial charge is 0.262 e. The van der Waals surface area contributed by atoms with Gasteiger partial charge in [-0.05, 0) is 24.4 Å². The van der Waals surface area contributed by atoms with Gasteiger partial charge in [-0.1, -0.05) is 19.0 Å². The van der Waals surface area contributed by atoms with Crippen LogP contribution in [0.5, 0.6) is 0 Å². The number of aromatic nitrogens is 3. The Morgan fingerprint density at radius 2 is 2.11 bits per heavy atom. The molecular weight excluding hydrogens is 252 g/mol. The number of aryl methyl sites for hydroxylation is 1. The molecule has 0 aliphatic rings. The molecule has 98 valence electrons. The third-order valence-electron chi connectivity index (χ3n) is 2.66. The van der Waals surface area contributed by atoms with Gasteiger partial charge in [-0.25, -0.2) is 0 Å². The lowest BCUT2D eigenvalue weighted by Crippen LogP contribution is -2.10. The topological polar surface area (TPSA) is 87.1 Å². The largest absolute Gasteiger partial charge is 0.389 e. The molecule has 1 atom stereocenters. The monoisotopic (exact) mass is 268 g/mol. The fraction of sp³-hybridized carbons (Fsp3) is 0.545. The molecule has 0 bridgehead atoms. The number of nitrogens with two attached hydrogens (primary N) is 1. The van der Waals surface area contributed by atoms with Gasteiger partial charge in [0.15, 0.2) is 0 Å². The van der Waals surface area contributed by atoms with Gasteiger partial charge in [0.25, 0.3) is 5.89 Å². The summed E-state index contributed by atoms with van der Waals surface area (Å²) in [5, 5.41) is 4.54. The van der Waals surface area contributed by atoms with Gasteiger partial charge >= 0.3 is 0 Å². The van der Waals surface area contributed by atoms with E-state index in [1.165, 1.54) is 11.5 Å². The Bertz CT molecular complexity index is 515. The first-order valence-corrected chi connectivity index (χ1v) is 6.40. The highest BCUT2D eigenvalue weighted by molar-refractivity contribution is 7.10. The number of nitrogen functional groups attached to an aromatic ring is 1. The minimum absolute atomic E-state index is 0.185. The second kappa shape index (κ2) is 5.03. The van der Waals surface area contributed by atoms with E-state index >= 15 is 0 Å². The summed E-state index contributed by atoms with van der Waals surface area (Å²) in [6.45, 7) is 5.94. The van der Waals surface area contributed by atoms with E-state index in [-0.39, 0.29) is 12.0 Å². The van der Waals surface area contributed by atoms with Crippen LogP contribution < -0.4 is 5.73 Å². The number of methoxy groups -OCH3 is 1. The Morgan fingerprint density at radius 1 is 1.39 bits per heavy atom. The van der Waals surface area contributed by atoms with Crippen LogP contribution in [0.25, 0.3) is 11.5 Å². The van der Waals surface area contributed by atoms with Crippen LogP contribution in [0.15, 0.2) is 4.52 Å². The summed E-state index contributed by atoms with van der Waals surface area (Å²) in [6.07, 6.45) is -0.185. The van der Waals surface area contributed by atoms with Gasteiger partial charge < -0.3 is 15.0 Å². The number of anilines is 1. The van der Waals surface area contributed by atoms with Gasteiger partial charge in [0.2, 0.25) is 5.82 Å². The van der Waals surface area contributed by atoms with Crippen molar-refractivity contribution < 1.29 is 9.26 Å². The van der Waals surface area contributed by atoms with Crippen molar-refractivity contribution >= 4 is 16.5 Å². The summed E-state index contributed by atoms with van der Waals surface area (Å²) in [5.74, 6) is 1.20. The Kier molecular flexibility index (Phi) is 3.63. The summed E-state index contributed by atoms with van der Waals surface area (Å²) < 4.78 is 14.8. The van der Waals surface area contributed by atoms with Crippen LogP contribution in [0, 0.1) is 12.8 Å². The predicted octanol–water partition coefficient (Wildman–Crippen LogP) is 2.43. The maximum absolute atomic E-state index is 5.85. The van der Waals surface area contributed by atoms with Crippen molar-refractivity contribution in [2.75, 3.05) is 12.8 Å². The van der Waals surface area contributed by atoms with Gasteiger partial charge in [-0.15, -0.1) is 0 Å². The van der Waals surface area contributed by atoms with E-state index in [1.807, 2.05) is 20.8 Å². The van der Waals surface area contributed by atoms with Crippen LogP contribution in [0.4, 0.5) is 5.00 Å². The lowest BCUT2D eigenvalue weighted by atomic mass is 10.1. The molecule has 0 spiro atoms. The fourth-order valence-electron chi connectivity index (χ4n) is 1.78. The molecule has 1 unspecified atom stereocenters. The van der Waals surface area contributed by atoms with Gasteiger partial charge in [0, 0.05) is 7.11 Å². The van der Waals surface area contributed by atoms with Crippen LogP contribution in [-0.4, -0.2) is 21.6 Å². The highest BCUT2D eigenvalue weighted by Crippen LogP contribution is 2.32. The van der Waals surface area contributed by atoms with E-state index in [4.69, 9.17) is 15.0 Å². The van der Waals surface area contributed by atoms with E-state index < -0.39 is 0 Å². The molecule has 0 saturated heterocycles. The number of ether oxygens (including phenoxy) is 1. The summed E-state index contributed by atoms with van der Waals surface area (Å²) in [5.41, 5.74) is 7.37. The summed E-state index contributed by atoms with van der Waals surface area (Å²) in [4.78, 5) is 4.35. The summed E-state index contributed by atoms with van der Waals surface area (Å²) in [7, 11) is 1.63. The van der Waals surface area contributed by atoms with Crippen LogP contribution in [0.3, 0.4) is 0 Å². The van der Waals surface area contributed by atoms with Crippen LogP contribution in [-0.2, 0) is 4.74 Å². The van der Waals surface area contributed by atoms with Crippen molar-refractivity contribution in [3.63, 3.8) is 0 Å². The molecule has 0 amide bonds. The van der Waals surface area contributed by atoms with Crippen molar-refractivity contribution in [3.05, 3.63) is 11.5 Å². The zero-order chi connectivity index (χ0) is 13.3. The Morgan fingerprint density at radius 3 is 2.61 bits per heavy atom. The average Bonchev–Trinajstić information content (AvgIpc) is 2.87.